The highest BCUT2D eigenvalue weighted by atomic mass is 32.2. The molecule has 0 bridgehead atoms. The lowest BCUT2D eigenvalue weighted by Gasteiger charge is -2.30. The van der Waals surface area contributed by atoms with Gasteiger partial charge in [-0.1, -0.05) is 6.92 Å². The Kier molecular flexibility index (Phi) is 8.33. The summed E-state index contributed by atoms with van der Waals surface area (Å²) in [5.74, 6) is 0.304. The number of carbonyl (C=O) groups is 2. The van der Waals surface area contributed by atoms with Crippen LogP contribution < -0.4 is 15.4 Å². The Morgan fingerprint density at radius 1 is 1.09 bits per heavy atom. The molecular weight excluding hydrogens is 454 g/mol. The van der Waals surface area contributed by atoms with Gasteiger partial charge in [-0.15, -0.1) is 0 Å². The molecule has 0 saturated carbocycles. The van der Waals surface area contributed by atoms with E-state index in [2.05, 4.69) is 17.6 Å². The van der Waals surface area contributed by atoms with Gasteiger partial charge in [-0.3, -0.25) is 9.59 Å². The van der Waals surface area contributed by atoms with E-state index in [9.17, 15) is 18.0 Å². The second-order valence-corrected chi connectivity index (χ2v) is 10.6. The first kappa shape index (κ1) is 25.7. The summed E-state index contributed by atoms with van der Waals surface area (Å²) in [6.45, 7) is 8.80. The number of rotatable bonds is 8. The van der Waals surface area contributed by atoms with Crippen LogP contribution in [0.5, 0.6) is 5.75 Å². The van der Waals surface area contributed by atoms with Crippen LogP contribution in [0.3, 0.4) is 0 Å². The molecule has 9 heteroatoms. The van der Waals surface area contributed by atoms with Crippen LogP contribution in [0.15, 0.2) is 41.3 Å². The molecule has 2 aromatic carbocycles. The fraction of sp³-hybridized carbons (Fsp3) is 0.440. The Hall–Kier alpha value is -2.91. The summed E-state index contributed by atoms with van der Waals surface area (Å²) in [5.41, 5.74) is 2.12. The van der Waals surface area contributed by atoms with Gasteiger partial charge in [0.15, 0.2) is 0 Å². The van der Waals surface area contributed by atoms with Crippen molar-refractivity contribution in [3.63, 3.8) is 0 Å². The molecule has 2 aromatic rings. The zero-order valence-electron chi connectivity index (χ0n) is 20.2. The van der Waals surface area contributed by atoms with Crippen molar-refractivity contribution in [1.82, 2.24) is 9.62 Å². The number of aryl methyl sites for hydroxylation is 1. The topological polar surface area (TPSA) is 105 Å². The summed E-state index contributed by atoms with van der Waals surface area (Å²) >= 11 is 0. The molecule has 0 unspecified atom stereocenters. The van der Waals surface area contributed by atoms with Gasteiger partial charge in [0, 0.05) is 24.3 Å². The molecule has 0 aromatic heterocycles. The monoisotopic (exact) mass is 487 g/mol. The van der Waals surface area contributed by atoms with E-state index in [1.807, 2.05) is 6.92 Å². The summed E-state index contributed by atoms with van der Waals surface area (Å²) in [7, 11) is -3.71. The van der Waals surface area contributed by atoms with Gasteiger partial charge in [0.1, 0.15) is 5.75 Å². The molecule has 0 radical (unpaired) electrons. The van der Waals surface area contributed by atoms with Gasteiger partial charge in [-0.05, 0) is 87.1 Å². The standard InChI is InChI=1S/C25H33N3O5S/c1-5-33-22-8-6-21(7-9-22)27-24(29)16-26-25(30)20-14-18(3)19(4)23(15-20)34(31,32)28-12-10-17(2)11-13-28/h6-9,14-15,17H,5,10-13,16H2,1-4H3,(H,26,30)(H,27,29). The van der Waals surface area contributed by atoms with Crippen molar-refractivity contribution in [2.24, 2.45) is 5.92 Å². The summed E-state index contributed by atoms with van der Waals surface area (Å²) in [4.78, 5) is 25.2. The maximum absolute atomic E-state index is 13.3. The van der Waals surface area contributed by atoms with E-state index in [0.29, 0.717) is 48.2 Å². The third-order valence-electron chi connectivity index (χ3n) is 6.10. The summed E-state index contributed by atoms with van der Waals surface area (Å²) < 4.78 is 33.5. The van der Waals surface area contributed by atoms with Crippen molar-refractivity contribution in [2.45, 2.75) is 45.4 Å². The average Bonchev–Trinajstić information content (AvgIpc) is 2.80. The lowest BCUT2D eigenvalue weighted by molar-refractivity contribution is -0.115. The third-order valence-corrected chi connectivity index (χ3v) is 8.13. The predicted molar refractivity (Wildman–Crippen MR) is 132 cm³/mol. The zero-order valence-corrected chi connectivity index (χ0v) is 21.0. The predicted octanol–water partition coefficient (Wildman–Crippen LogP) is 3.49. The van der Waals surface area contributed by atoms with Crippen molar-refractivity contribution < 1.29 is 22.7 Å². The van der Waals surface area contributed by atoms with Crippen LogP contribution in [-0.4, -0.2) is 50.8 Å². The molecule has 1 aliphatic heterocycles. The SMILES string of the molecule is CCOc1ccc(NC(=O)CNC(=O)c2cc(C)c(C)c(S(=O)(=O)N3CCC(C)CC3)c2)cc1. The van der Waals surface area contributed by atoms with E-state index >= 15 is 0 Å². The first-order valence-corrected chi connectivity index (χ1v) is 13.0. The number of benzene rings is 2. The normalized spacial score (nSPS) is 15.1. The number of amides is 2. The van der Waals surface area contributed by atoms with Crippen molar-refractivity contribution in [1.29, 1.82) is 0 Å². The quantitative estimate of drug-likeness (QED) is 0.593. The minimum Gasteiger partial charge on any atom is -0.494 e. The lowest BCUT2D eigenvalue weighted by atomic mass is 10.0. The lowest BCUT2D eigenvalue weighted by Crippen LogP contribution is -2.38. The van der Waals surface area contributed by atoms with Gasteiger partial charge in [-0.2, -0.15) is 4.31 Å². The average molecular weight is 488 g/mol. The van der Waals surface area contributed by atoms with Gasteiger partial charge in [-0.25, -0.2) is 8.42 Å². The van der Waals surface area contributed by atoms with Gasteiger partial charge in [0.2, 0.25) is 15.9 Å². The van der Waals surface area contributed by atoms with Gasteiger partial charge >= 0.3 is 0 Å². The Balaban J connectivity index is 1.68. The van der Waals surface area contributed by atoms with Crippen LogP contribution in [0.1, 0.15) is 48.2 Å². The molecule has 0 aliphatic carbocycles. The number of nitrogens with zero attached hydrogens (tertiary/aromatic N) is 1. The van der Waals surface area contributed by atoms with Crippen LogP contribution in [0.25, 0.3) is 0 Å². The van der Waals surface area contributed by atoms with Gasteiger partial charge in [0.25, 0.3) is 5.91 Å². The fourth-order valence-electron chi connectivity index (χ4n) is 3.86. The number of hydrogen-bond donors (Lipinski definition) is 2. The number of piperidine rings is 1. The molecule has 34 heavy (non-hydrogen) atoms. The molecule has 1 saturated heterocycles. The number of hydrogen-bond acceptors (Lipinski definition) is 5. The van der Waals surface area contributed by atoms with Crippen molar-refractivity contribution in [2.75, 3.05) is 31.6 Å². The number of anilines is 1. The molecule has 1 aliphatic rings. The van der Waals surface area contributed by atoms with Gasteiger partial charge in [0.05, 0.1) is 18.0 Å². The summed E-state index contributed by atoms with van der Waals surface area (Å²) in [5, 5.41) is 5.29. The maximum atomic E-state index is 13.3. The van der Waals surface area contributed by atoms with Crippen LogP contribution in [0.2, 0.25) is 0 Å². The Morgan fingerprint density at radius 2 is 1.74 bits per heavy atom. The molecule has 0 spiro atoms. The number of nitrogens with one attached hydrogen (secondary N) is 2. The van der Waals surface area contributed by atoms with Crippen molar-refractivity contribution in [3.8, 4) is 5.75 Å². The second kappa shape index (κ2) is 11.0. The van der Waals surface area contributed by atoms with E-state index in [1.54, 1.807) is 44.2 Å². The van der Waals surface area contributed by atoms with E-state index in [1.165, 1.54) is 10.4 Å². The highest BCUT2D eigenvalue weighted by Crippen LogP contribution is 2.28. The number of ether oxygens (including phenoxy) is 1. The third kappa shape index (κ3) is 6.15. The Labute approximate surface area is 201 Å². The molecule has 2 N–H and O–H groups in total. The first-order chi connectivity index (χ1) is 16.1. The molecule has 0 atom stereocenters. The van der Waals surface area contributed by atoms with Gasteiger partial charge < -0.3 is 15.4 Å². The van der Waals surface area contributed by atoms with Crippen LogP contribution in [0.4, 0.5) is 5.69 Å². The van der Waals surface area contributed by atoms with Crippen LogP contribution in [0, 0.1) is 19.8 Å². The Morgan fingerprint density at radius 3 is 2.35 bits per heavy atom. The molecule has 8 nitrogen and oxygen atoms in total. The molecular formula is C25H33N3O5S. The zero-order chi connectivity index (χ0) is 24.9. The minimum absolute atomic E-state index is 0.144. The molecule has 184 valence electrons. The van der Waals surface area contributed by atoms with Crippen molar-refractivity contribution in [3.05, 3.63) is 53.1 Å². The highest BCUT2D eigenvalue weighted by molar-refractivity contribution is 7.89. The van der Waals surface area contributed by atoms with E-state index in [4.69, 9.17) is 4.74 Å². The smallest absolute Gasteiger partial charge is 0.251 e. The fourth-order valence-corrected chi connectivity index (χ4v) is 5.65. The molecule has 2 amide bonds. The largest absolute Gasteiger partial charge is 0.494 e. The van der Waals surface area contributed by atoms with Crippen molar-refractivity contribution >= 4 is 27.5 Å². The van der Waals surface area contributed by atoms with E-state index in [0.717, 1.165) is 12.8 Å². The van der Waals surface area contributed by atoms with E-state index < -0.39 is 21.8 Å². The molecule has 1 fully saturated rings. The number of carbonyl (C=O) groups excluding carboxylic acids is 2. The molecule has 3 rings (SSSR count). The second-order valence-electron chi connectivity index (χ2n) is 8.69. The minimum atomic E-state index is -3.71. The summed E-state index contributed by atoms with van der Waals surface area (Å²) in [6.07, 6.45) is 1.64. The summed E-state index contributed by atoms with van der Waals surface area (Å²) in [6, 6.07) is 9.98. The first-order valence-electron chi connectivity index (χ1n) is 11.5. The highest BCUT2D eigenvalue weighted by Gasteiger charge is 2.30. The molecule has 1 heterocycles. The Bertz CT molecular complexity index is 1140. The maximum Gasteiger partial charge on any atom is 0.251 e. The number of sulfonamides is 1. The van der Waals surface area contributed by atoms with Crippen LogP contribution in [-0.2, 0) is 14.8 Å². The van der Waals surface area contributed by atoms with E-state index in [-0.39, 0.29) is 17.0 Å². The van der Waals surface area contributed by atoms with Crippen LogP contribution >= 0.6 is 0 Å².